The van der Waals surface area contributed by atoms with Crippen LogP contribution in [-0.2, 0) is 6.42 Å². The Morgan fingerprint density at radius 1 is 1.50 bits per heavy atom. The number of nitrogens with two attached hydrogens (primary N) is 2. The van der Waals surface area contributed by atoms with E-state index in [4.69, 9.17) is 11.6 Å². The van der Waals surface area contributed by atoms with Crippen LogP contribution in [0.4, 0.5) is 10.2 Å². The molecular weight excluding hydrogens is 301 g/mol. The molecule has 0 aliphatic heterocycles. The third kappa shape index (κ3) is 2.69. The van der Waals surface area contributed by atoms with E-state index in [2.05, 4.69) is 31.6 Å². The van der Waals surface area contributed by atoms with Crippen LogP contribution in [0.15, 0.2) is 28.9 Å². The lowest BCUT2D eigenvalue weighted by Gasteiger charge is -2.16. The quantitative estimate of drug-likeness (QED) is 0.510. The van der Waals surface area contributed by atoms with Crippen molar-refractivity contribution in [1.29, 1.82) is 0 Å². The number of anilines is 1. The van der Waals surface area contributed by atoms with Crippen molar-refractivity contribution in [2.45, 2.75) is 12.5 Å². The predicted molar refractivity (Wildman–Crippen MR) is 70.9 cm³/mol. The molecule has 1 aromatic carbocycles. The third-order valence-electron chi connectivity index (χ3n) is 2.71. The number of rotatable bonds is 4. The van der Waals surface area contributed by atoms with E-state index in [9.17, 15) is 4.39 Å². The molecule has 1 unspecified atom stereocenters. The Bertz CT molecular complexity index is 542. The van der Waals surface area contributed by atoms with E-state index in [0.29, 0.717) is 12.2 Å². The number of hydrogen-bond donors (Lipinski definition) is 4. The Labute approximate surface area is 112 Å². The van der Waals surface area contributed by atoms with Crippen LogP contribution in [0.3, 0.4) is 0 Å². The molecule has 0 radical (unpaired) electrons. The molecule has 96 valence electrons. The van der Waals surface area contributed by atoms with Crippen molar-refractivity contribution in [3.05, 3.63) is 45.8 Å². The molecule has 7 heteroatoms. The van der Waals surface area contributed by atoms with Crippen LogP contribution < -0.4 is 17.0 Å². The molecule has 18 heavy (non-hydrogen) atoms. The summed E-state index contributed by atoms with van der Waals surface area (Å²) in [6.07, 6.45) is 2.10. The standard InChI is InChI=1S/C11H13BrFN5/c12-9-2-1-7(13)3-6(9)4-10(17-15)8-5-16-18-11(8)14/h1-3,5,10,17H,4,15H2,(H3,14,16,18). The van der Waals surface area contributed by atoms with Gasteiger partial charge in [0, 0.05) is 10.0 Å². The number of aromatic nitrogens is 2. The lowest BCUT2D eigenvalue weighted by atomic mass is 10.0. The van der Waals surface area contributed by atoms with Crippen molar-refractivity contribution < 1.29 is 4.39 Å². The van der Waals surface area contributed by atoms with Gasteiger partial charge in [-0.1, -0.05) is 15.9 Å². The van der Waals surface area contributed by atoms with E-state index in [-0.39, 0.29) is 11.9 Å². The fraction of sp³-hybridized carbons (Fsp3) is 0.182. The maximum absolute atomic E-state index is 13.2. The largest absolute Gasteiger partial charge is 0.384 e. The monoisotopic (exact) mass is 313 g/mol. The summed E-state index contributed by atoms with van der Waals surface area (Å²) in [5.74, 6) is 5.67. The molecule has 0 fully saturated rings. The highest BCUT2D eigenvalue weighted by Gasteiger charge is 2.16. The van der Waals surface area contributed by atoms with E-state index in [1.807, 2.05) is 0 Å². The molecule has 1 atom stereocenters. The smallest absolute Gasteiger partial charge is 0.123 e. The summed E-state index contributed by atoms with van der Waals surface area (Å²) in [6.45, 7) is 0. The van der Waals surface area contributed by atoms with Gasteiger partial charge in [0.05, 0.1) is 12.2 Å². The highest BCUT2D eigenvalue weighted by Crippen LogP contribution is 2.26. The summed E-state index contributed by atoms with van der Waals surface area (Å²) >= 11 is 3.38. The summed E-state index contributed by atoms with van der Waals surface area (Å²) in [5.41, 5.74) is 9.96. The Morgan fingerprint density at radius 3 is 2.89 bits per heavy atom. The van der Waals surface area contributed by atoms with Crippen molar-refractivity contribution in [3.8, 4) is 0 Å². The third-order valence-corrected chi connectivity index (χ3v) is 3.48. The van der Waals surface area contributed by atoms with Crippen LogP contribution in [0, 0.1) is 5.82 Å². The molecule has 0 saturated heterocycles. The SMILES string of the molecule is NNC(Cc1cc(F)ccc1Br)c1cn[nH]c1N. The number of H-pyrrole nitrogens is 1. The molecule has 2 rings (SSSR count). The van der Waals surface area contributed by atoms with Crippen molar-refractivity contribution >= 4 is 21.7 Å². The molecular formula is C11H13BrFN5. The van der Waals surface area contributed by atoms with E-state index in [1.165, 1.54) is 12.1 Å². The zero-order valence-corrected chi connectivity index (χ0v) is 11.0. The number of aromatic amines is 1. The highest BCUT2D eigenvalue weighted by molar-refractivity contribution is 9.10. The van der Waals surface area contributed by atoms with Gasteiger partial charge in [-0.2, -0.15) is 5.10 Å². The van der Waals surface area contributed by atoms with Gasteiger partial charge in [-0.3, -0.25) is 16.4 Å². The number of hydrogen-bond acceptors (Lipinski definition) is 4. The predicted octanol–water partition coefficient (Wildman–Crippen LogP) is 1.64. The molecule has 0 spiro atoms. The summed E-state index contributed by atoms with van der Waals surface area (Å²) < 4.78 is 14.0. The number of halogens is 2. The van der Waals surface area contributed by atoms with E-state index in [0.717, 1.165) is 15.6 Å². The fourth-order valence-electron chi connectivity index (χ4n) is 1.76. The number of nitrogens with zero attached hydrogens (tertiary/aromatic N) is 1. The summed E-state index contributed by atoms with van der Waals surface area (Å²) in [6, 6.07) is 4.29. The van der Waals surface area contributed by atoms with Gasteiger partial charge in [-0.15, -0.1) is 0 Å². The number of nitrogen functional groups attached to an aromatic ring is 1. The van der Waals surface area contributed by atoms with Gasteiger partial charge in [0.1, 0.15) is 11.6 Å². The molecule has 6 N–H and O–H groups in total. The summed E-state index contributed by atoms with van der Waals surface area (Å²) in [5, 5.41) is 6.48. The molecule has 0 aliphatic rings. The van der Waals surface area contributed by atoms with Gasteiger partial charge in [-0.25, -0.2) is 4.39 Å². The maximum Gasteiger partial charge on any atom is 0.123 e. The summed E-state index contributed by atoms with van der Waals surface area (Å²) in [4.78, 5) is 0. The minimum atomic E-state index is -0.288. The summed E-state index contributed by atoms with van der Waals surface area (Å²) in [7, 11) is 0. The van der Waals surface area contributed by atoms with Crippen LogP contribution in [0.2, 0.25) is 0 Å². The lowest BCUT2D eigenvalue weighted by Crippen LogP contribution is -2.30. The molecule has 0 saturated carbocycles. The van der Waals surface area contributed by atoms with Gasteiger partial charge in [-0.05, 0) is 30.2 Å². The Balaban J connectivity index is 2.26. The first-order chi connectivity index (χ1) is 8.61. The fourth-order valence-corrected chi connectivity index (χ4v) is 2.17. The first-order valence-corrected chi connectivity index (χ1v) is 6.10. The Hall–Kier alpha value is -1.44. The molecule has 0 amide bonds. The number of nitrogens with one attached hydrogen (secondary N) is 2. The van der Waals surface area contributed by atoms with Gasteiger partial charge < -0.3 is 5.73 Å². The average Bonchev–Trinajstić information content (AvgIpc) is 2.77. The first-order valence-electron chi connectivity index (χ1n) is 5.30. The second kappa shape index (κ2) is 5.47. The molecule has 2 aromatic rings. The molecule has 0 bridgehead atoms. The van der Waals surface area contributed by atoms with Crippen molar-refractivity contribution in [1.82, 2.24) is 15.6 Å². The van der Waals surface area contributed by atoms with E-state index >= 15 is 0 Å². The zero-order valence-electron chi connectivity index (χ0n) is 9.45. The number of hydrazine groups is 1. The van der Waals surface area contributed by atoms with E-state index in [1.54, 1.807) is 12.3 Å². The minimum Gasteiger partial charge on any atom is -0.384 e. The average molecular weight is 314 g/mol. The zero-order chi connectivity index (χ0) is 13.1. The minimum absolute atomic E-state index is 0.234. The van der Waals surface area contributed by atoms with Gasteiger partial charge >= 0.3 is 0 Å². The van der Waals surface area contributed by atoms with Crippen molar-refractivity contribution in [3.63, 3.8) is 0 Å². The normalized spacial score (nSPS) is 12.6. The van der Waals surface area contributed by atoms with Gasteiger partial charge in [0.15, 0.2) is 0 Å². The second-order valence-electron chi connectivity index (χ2n) is 3.90. The topological polar surface area (TPSA) is 92.7 Å². The number of benzene rings is 1. The van der Waals surface area contributed by atoms with Crippen LogP contribution in [0.5, 0.6) is 0 Å². The van der Waals surface area contributed by atoms with Gasteiger partial charge in [0.2, 0.25) is 0 Å². The highest BCUT2D eigenvalue weighted by atomic mass is 79.9. The maximum atomic E-state index is 13.2. The van der Waals surface area contributed by atoms with Crippen LogP contribution >= 0.6 is 15.9 Å². The van der Waals surface area contributed by atoms with Crippen LogP contribution in [0.1, 0.15) is 17.2 Å². The van der Waals surface area contributed by atoms with E-state index < -0.39 is 0 Å². The van der Waals surface area contributed by atoms with Crippen molar-refractivity contribution in [2.75, 3.05) is 5.73 Å². The van der Waals surface area contributed by atoms with Crippen LogP contribution in [-0.4, -0.2) is 10.2 Å². The molecule has 5 nitrogen and oxygen atoms in total. The van der Waals surface area contributed by atoms with Crippen molar-refractivity contribution in [2.24, 2.45) is 5.84 Å². The molecule has 1 aromatic heterocycles. The second-order valence-corrected chi connectivity index (χ2v) is 4.75. The Morgan fingerprint density at radius 2 is 2.28 bits per heavy atom. The Kier molecular flexibility index (Phi) is 3.95. The molecule has 1 heterocycles. The van der Waals surface area contributed by atoms with Crippen LogP contribution in [0.25, 0.3) is 0 Å². The van der Waals surface area contributed by atoms with Gasteiger partial charge in [0.25, 0.3) is 0 Å². The molecule has 0 aliphatic carbocycles. The first kappa shape index (κ1) is 13.0. The lowest BCUT2D eigenvalue weighted by molar-refractivity contribution is 0.549.